The molecule has 0 bridgehead atoms. The summed E-state index contributed by atoms with van der Waals surface area (Å²) in [6, 6.07) is 0. The molecule has 0 aliphatic heterocycles. The fourth-order valence-corrected chi connectivity index (χ4v) is 2.66. The smallest absolute Gasteiger partial charge is 0.0771 e. The molecule has 0 saturated heterocycles. The largest absolute Gasteiger partial charge is 0.396 e. The van der Waals surface area contributed by atoms with Crippen molar-refractivity contribution >= 4 is 0 Å². The van der Waals surface area contributed by atoms with Gasteiger partial charge in [0.05, 0.1) is 5.60 Å². The van der Waals surface area contributed by atoms with Gasteiger partial charge in [0.15, 0.2) is 0 Å². The summed E-state index contributed by atoms with van der Waals surface area (Å²) in [7, 11) is 0. The molecule has 0 heterocycles. The lowest BCUT2D eigenvalue weighted by atomic mass is 9.98. The quantitative estimate of drug-likeness (QED) is 0.593. The summed E-state index contributed by atoms with van der Waals surface area (Å²) in [5, 5.41) is 22.5. The zero-order valence-electron chi connectivity index (χ0n) is 10.5. The van der Waals surface area contributed by atoms with Crippen LogP contribution < -0.4 is 5.32 Å². The average molecular weight is 229 g/mol. The molecule has 1 rings (SSSR count). The number of nitrogens with one attached hydrogen (secondary N) is 1. The monoisotopic (exact) mass is 229 g/mol. The fraction of sp³-hybridized carbons (Fsp3) is 1.00. The molecule has 1 atom stereocenters. The highest BCUT2D eigenvalue weighted by Gasteiger charge is 2.30. The van der Waals surface area contributed by atoms with Gasteiger partial charge in [-0.25, -0.2) is 0 Å². The molecular formula is C13H27NO2. The van der Waals surface area contributed by atoms with Gasteiger partial charge < -0.3 is 15.5 Å². The van der Waals surface area contributed by atoms with Crippen molar-refractivity contribution < 1.29 is 10.2 Å². The maximum Gasteiger partial charge on any atom is 0.0771 e. The van der Waals surface area contributed by atoms with Gasteiger partial charge in [-0.1, -0.05) is 26.2 Å². The van der Waals surface area contributed by atoms with E-state index in [1.807, 2.05) is 0 Å². The van der Waals surface area contributed by atoms with Gasteiger partial charge in [0.25, 0.3) is 0 Å². The lowest BCUT2D eigenvalue weighted by molar-refractivity contribution is 0.0465. The number of hydrogen-bond donors (Lipinski definition) is 3. The summed E-state index contributed by atoms with van der Waals surface area (Å²) >= 11 is 0. The van der Waals surface area contributed by atoms with E-state index < -0.39 is 5.60 Å². The van der Waals surface area contributed by atoms with Crippen molar-refractivity contribution in [3.8, 4) is 0 Å². The van der Waals surface area contributed by atoms with Crippen LogP contribution in [-0.4, -0.2) is 35.5 Å². The summed E-state index contributed by atoms with van der Waals surface area (Å²) in [5.41, 5.74) is -0.448. The van der Waals surface area contributed by atoms with Crippen LogP contribution in [-0.2, 0) is 0 Å². The second-order valence-electron chi connectivity index (χ2n) is 5.23. The zero-order chi connectivity index (χ0) is 11.9. The van der Waals surface area contributed by atoms with Crippen LogP contribution in [0.1, 0.15) is 51.9 Å². The van der Waals surface area contributed by atoms with Crippen molar-refractivity contribution in [1.82, 2.24) is 5.32 Å². The highest BCUT2D eigenvalue weighted by atomic mass is 16.3. The van der Waals surface area contributed by atoms with E-state index in [2.05, 4.69) is 12.2 Å². The molecule has 1 unspecified atom stereocenters. The molecule has 0 amide bonds. The van der Waals surface area contributed by atoms with Crippen molar-refractivity contribution in [1.29, 1.82) is 0 Å². The maximum atomic E-state index is 10.2. The SMILES string of the molecule is CCCC(CCO)CNCC1(O)CCCC1. The van der Waals surface area contributed by atoms with Gasteiger partial charge in [-0.05, 0) is 38.1 Å². The minimum absolute atomic E-state index is 0.274. The summed E-state index contributed by atoms with van der Waals surface area (Å²) in [6.45, 7) is 4.10. The van der Waals surface area contributed by atoms with Crippen LogP contribution >= 0.6 is 0 Å². The Morgan fingerprint density at radius 1 is 1.25 bits per heavy atom. The Kier molecular flexibility index (Phi) is 6.32. The minimum atomic E-state index is -0.448. The molecule has 3 nitrogen and oxygen atoms in total. The van der Waals surface area contributed by atoms with E-state index in [-0.39, 0.29) is 6.61 Å². The second-order valence-corrected chi connectivity index (χ2v) is 5.23. The van der Waals surface area contributed by atoms with Crippen LogP contribution in [0.3, 0.4) is 0 Å². The van der Waals surface area contributed by atoms with E-state index >= 15 is 0 Å². The molecular weight excluding hydrogens is 202 g/mol. The van der Waals surface area contributed by atoms with Gasteiger partial charge >= 0.3 is 0 Å². The van der Waals surface area contributed by atoms with Crippen LogP contribution in [0.2, 0.25) is 0 Å². The van der Waals surface area contributed by atoms with Gasteiger partial charge in [-0.2, -0.15) is 0 Å². The molecule has 1 aliphatic rings. The molecule has 96 valence electrons. The average Bonchev–Trinajstić information content (AvgIpc) is 2.66. The number of hydrogen-bond acceptors (Lipinski definition) is 3. The van der Waals surface area contributed by atoms with E-state index in [0.29, 0.717) is 5.92 Å². The normalized spacial score (nSPS) is 21.2. The van der Waals surface area contributed by atoms with E-state index in [1.165, 1.54) is 0 Å². The van der Waals surface area contributed by atoms with E-state index in [9.17, 15) is 5.11 Å². The highest BCUT2D eigenvalue weighted by Crippen LogP contribution is 2.28. The molecule has 16 heavy (non-hydrogen) atoms. The van der Waals surface area contributed by atoms with Crippen molar-refractivity contribution in [3.05, 3.63) is 0 Å². The number of aliphatic hydroxyl groups is 2. The first kappa shape index (κ1) is 13.9. The van der Waals surface area contributed by atoms with Crippen LogP contribution in [0.5, 0.6) is 0 Å². The van der Waals surface area contributed by atoms with E-state index in [0.717, 1.165) is 58.0 Å². The van der Waals surface area contributed by atoms with Gasteiger partial charge in [-0.3, -0.25) is 0 Å². The Hall–Kier alpha value is -0.120. The van der Waals surface area contributed by atoms with Crippen molar-refractivity contribution in [2.75, 3.05) is 19.7 Å². The van der Waals surface area contributed by atoms with Gasteiger partial charge in [0.1, 0.15) is 0 Å². The first-order valence-electron chi connectivity index (χ1n) is 6.74. The third-order valence-corrected chi connectivity index (χ3v) is 3.66. The molecule has 0 spiro atoms. The van der Waals surface area contributed by atoms with Crippen molar-refractivity contribution in [3.63, 3.8) is 0 Å². The van der Waals surface area contributed by atoms with Gasteiger partial charge in [-0.15, -0.1) is 0 Å². The lowest BCUT2D eigenvalue weighted by Crippen LogP contribution is -2.40. The molecule has 0 aromatic rings. The Labute approximate surface area is 99.3 Å². The first-order valence-corrected chi connectivity index (χ1v) is 6.74. The van der Waals surface area contributed by atoms with Crippen LogP contribution in [0, 0.1) is 5.92 Å². The third kappa shape index (κ3) is 4.81. The molecule has 3 N–H and O–H groups in total. The molecule has 0 aromatic carbocycles. The first-order chi connectivity index (χ1) is 7.70. The zero-order valence-corrected chi connectivity index (χ0v) is 10.5. The number of aliphatic hydroxyl groups excluding tert-OH is 1. The summed E-state index contributed by atoms with van der Waals surface area (Å²) < 4.78 is 0. The Bertz CT molecular complexity index is 173. The Balaban J connectivity index is 2.16. The molecule has 1 saturated carbocycles. The maximum absolute atomic E-state index is 10.2. The predicted molar refractivity (Wildman–Crippen MR) is 66.4 cm³/mol. The summed E-state index contributed by atoms with van der Waals surface area (Å²) in [6.07, 6.45) is 7.40. The third-order valence-electron chi connectivity index (χ3n) is 3.66. The summed E-state index contributed by atoms with van der Waals surface area (Å²) in [4.78, 5) is 0. The molecule has 0 radical (unpaired) electrons. The highest BCUT2D eigenvalue weighted by molar-refractivity contribution is 4.86. The van der Waals surface area contributed by atoms with Crippen LogP contribution in [0.25, 0.3) is 0 Å². The lowest BCUT2D eigenvalue weighted by Gasteiger charge is -2.24. The summed E-state index contributed by atoms with van der Waals surface area (Å²) in [5.74, 6) is 0.556. The standard InChI is InChI=1S/C13H27NO2/c1-2-5-12(6-9-15)10-14-11-13(16)7-3-4-8-13/h12,14-16H,2-11H2,1H3. The van der Waals surface area contributed by atoms with Crippen LogP contribution in [0.15, 0.2) is 0 Å². The number of rotatable bonds is 8. The second kappa shape index (κ2) is 7.25. The Morgan fingerprint density at radius 2 is 1.94 bits per heavy atom. The molecule has 3 heteroatoms. The van der Waals surface area contributed by atoms with Crippen molar-refractivity contribution in [2.24, 2.45) is 5.92 Å². The predicted octanol–water partition coefficient (Wildman–Crippen LogP) is 1.68. The van der Waals surface area contributed by atoms with Gasteiger partial charge in [0, 0.05) is 13.2 Å². The van der Waals surface area contributed by atoms with Crippen LogP contribution in [0.4, 0.5) is 0 Å². The molecule has 1 aliphatic carbocycles. The van der Waals surface area contributed by atoms with Crippen molar-refractivity contribution in [2.45, 2.75) is 57.5 Å². The molecule has 1 fully saturated rings. The fourth-order valence-electron chi connectivity index (χ4n) is 2.66. The van der Waals surface area contributed by atoms with Gasteiger partial charge in [0.2, 0.25) is 0 Å². The Morgan fingerprint density at radius 3 is 2.50 bits per heavy atom. The minimum Gasteiger partial charge on any atom is -0.396 e. The van der Waals surface area contributed by atoms with E-state index in [1.54, 1.807) is 0 Å². The topological polar surface area (TPSA) is 52.5 Å². The van der Waals surface area contributed by atoms with E-state index in [4.69, 9.17) is 5.11 Å². The molecule has 0 aromatic heterocycles.